The summed E-state index contributed by atoms with van der Waals surface area (Å²) in [5.74, 6) is 0.378. The number of Topliss-reactive ketones (excluding diaryl/α,β-unsaturated/α-hetero) is 1. The van der Waals surface area contributed by atoms with Crippen LogP contribution in [0.25, 0.3) is 10.6 Å². The van der Waals surface area contributed by atoms with Gasteiger partial charge in [-0.25, -0.2) is 9.37 Å². The molecule has 156 valence electrons. The molecule has 0 radical (unpaired) electrons. The molecule has 1 saturated heterocycles. The summed E-state index contributed by atoms with van der Waals surface area (Å²) in [6.07, 6.45) is 0. The van der Waals surface area contributed by atoms with E-state index in [4.69, 9.17) is 9.72 Å². The molecule has 1 aliphatic heterocycles. The van der Waals surface area contributed by atoms with Crippen molar-refractivity contribution < 1.29 is 13.9 Å². The second-order valence-corrected chi connectivity index (χ2v) is 8.22. The van der Waals surface area contributed by atoms with E-state index in [2.05, 4.69) is 10.3 Å². The SMILES string of the molecule is COc1ccc(-c2nc(CN3CCN(c4ccc(C(C)=O)cc4F)CC3)cs2)cc1. The van der Waals surface area contributed by atoms with Crippen LogP contribution in [0.5, 0.6) is 5.75 Å². The van der Waals surface area contributed by atoms with Crippen LogP contribution in [0.1, 0.15) is 23.0 Å². The van der Waals surface area contributed by atoms with Gasteiger partial charge in [0.2, 0.25) is 0 Å². The van der Waals surface area contributed by atoms with E-state index < -0.39 is 0 Å². The average molecular weight is 426 g/mol. The molecule has 0 amide bonds. The van der Waals surface area contributed by atoms with Gasteiger partial charge in [-0.3, -0.25) is 9.69 Å². The standard InChI is InChI=1S/C23H24FN3O2S/c1-16(28)18-5-8-22(21(24)13-18)27-11-9-26(10-12-27)14-19-15-30-23(25-19)17-3-6-20(29-2)7-4-17/h3-8,13,15H,9-12,14H2,1-2H3. The summed E-state index contributed by atoms with van der Waals surface area (Å²) in [6, 6.07) is 12.7. The number of thiazole rings is 1. The molecule has 0 saturated carbocycles. The van der Waals surface area contributed by atoms with Crippen LogP contribution in [0.4, 0.5) is 10.1 Å². The Hall–Kier alpha value is -2.77. The highest BCUT2D eigenvalue weighted by Crippen LogP contribution is 2.27. The first kappa shape index (κ1) is 20.5. The van der Waals surface area contributed by atoms with Gasteiger partial charge in [-0.2, -0.15) is 0 Å². The van der Waals surface area contributed by atoms with Gasteiger partial charge in [0, 0.05) is 49.2 Å². The van der Waals surface area contributed by atoms with Crippen LogP contribution in [0.2, 0.25) is 0 Å². The Morgan fingerprint density at radius 1 is 1.13 bits per heavy atom. The Labute approximate surface area is 179 Å². The van der Waals surface area contributed by atoms with Gasteiger partial charge < -0.3 is 9.64 Å². The first-order valence-corrected chi connectivity index (χ1v) is 10.8. The zero-order valence-corrected chi connectivity index (χ0v) is 17.9. The van der Waals surface area contributed by atoms with Gasteiger partial charge in [-0.05, 0) is 49.4 Å². The van der Waals surface area contributed by atoms with Crippen molar-refractivity contribution >= 4 is 22.8 Å². The van der Waals surface area contributed by atoms with E-state index in [-0.39, 0.29) is 11.6 Å². The fourth-order valence-corrected chi connectivity index (χ4v) is 4.42. The summed E-state index contributed by atoms with van der Waals surface area (Å²) < 4.78 is 19.6. The minimum atomic E-state index is -0.334. The highest BCUT2D eigenvalue weighted by Gasteiger charge is 2.21. The van der Waals surface area contributed by atoms with Gasteiger partial charge in [0.05, 0.1) is 18.5 Å². The summed E-state index contributed by atoms with van der Waals surface area (Å²) in [5.41, 5.74) is 3.11. The zero-order valence-electron chi connectivity index (χ0n) is 17.1. The van der Waals surface area contributed by atoms with Gasteiger partial charge in [-0.1, -0.05) is 0 Å². The minimum Gasteiger partial charge on any atom is -0.497 e. The van der Waals surface area contributed by atoms with Crippen molar-refractivity contribution in [3.63, 3.8) is 0 Å². The second-order valence-electron chi connectivity index (χ2n) is 7.36. The number of anilines is 1. The monoisotopic (exact) mass is 425 g/mol. The van der Waals surface area contributed by atoms with Crippen molar-refractivity contribution in [2.75, 3.05) is 38.2 Å². The number of carbonyl (C=O) groups excluding carboxylic acids is 1. The number of rotatable bonds is 6. The number of ether oxygens (including phenoxy) is 1. The number of hydrogen-bond acceptors (Lipinski definition) is 6. The lowest BCUT2D eigenvalue weighted by atomic mass is 10.1. The third kappa shape index (κ3) is 4.52. The minimum absolute atomic E-state index is 0.123. The van der Waals surface area contributed by atoms with Crippen molar-refractivity contribution in [3.05, 3.63) is 64.9 Å². The van der Waals surface area contributed by atoms with E-state index in [0.717, 1.165) is 54.7 Å². The molecule has 3 aromatic rings. The van der Waals surface area contributed by atoms with Crippen molar-refractivity contribution in [1.82, 2.24) is 9.88 Å². The Balaban J connectivity index is 1.35. The van der Waals surface area contributed by atoms with E-state index in [1.807, 2.05) is 29.2 Å². The lowest BCUT2D eigenvalue weighted by Gasteiger charge is -2.36. The number of benzene rings is 2. The van der Waals surface area contributed by atoms with Crippen LogP contribution >= 0.6 is 11.3 Å². The molecule has 5 nitrogen and oxygen atoms in total. The summed E-state index contributed by atoms with van der Waals surface area (Å²) in [7, 11) is 1.66. The molecule has 1 fully saturated rings. The lowest BCUT2D eigenvalue weighted by Crippen LogP contribution is -2.46. The number of piperazine rings is 1. The summed E-state index contributed by atoms with van der Waals surface area (Å²) in [5, 5.41) is 3.10. The van der Waals surface area contributed by atoms with E-state index in [1.54, 1.807) is 30.6 Å². The number of aromatic nitrogens is 1. The lowest BCUT2D eigenvalue weighted by molar-refractivity contribution is 0.101. The fourth-order valence-electron chi connectivity index (χ4n) is 3.60. The molecule has 7 heteroatoms. The van der Waals surface area contributed by atoms with Crippen LogP contribution in [-0.2, 0) is 6.54 Å². The molecule has 30 heavy (non-hydrogen) atoms. The molecular formula is C23H24FN3O2S. The smallest absolute Gasteiger partial charge is 0.159 e. The van der Waals surface area contributed by atoms with E-state index in [9.17, 15) is 9.18 Å². The van der Waals surface area contributed by atoms with E-state index >= 15 is 0 Å². The van der Waals surface area contributed by atoms with Crippen molar-refractivity contribution in [1.29, 1.82) is 0 Å². The number of methoxy groups -OCH3 is 1. The van der Waals surface area contributed by atoms with Crippen LogP contribution in [0.3, 0.4) is 0 Å². The number of ketones is 1. The molecule has 1 aromatic heterocycles. The predicted molar refractivity (Wildman–Crippen MR) is 118 cm³/mol. The molecular weight excluding hydrogens is 401 g/mol. The molecule has 1 aliphatic rings. The van der Waals surface area contributed by atoms with Crippen molar-refractivity contribution in [3.8, 4) is 16.3 Å². The maximum atomic E-state index is 14.4. The normalized spacial score (nSPS) is 14.7. The topological polar surface area (TPSA) is 45.7 Å². The van der Waals surface area contributed by atoms with Crippen LogP contribution < -0.4 is 9.64 Å². The average Bonchev–Trinajstić information content (AvgIpc) is 3.23. The third-order valence-electron chi connectivity index (χ3n) is 5.34. The highest BCUT2D eigenvalue weighted by atomic mass is 32.1. The van der Waals surface area contributed by atoms with Gasteiger partial charge >= 0.3 is 0 Å². The Morgan fingerprint density at radius 2 is 1.87 bits per heavy atom. The van der Waals surface area contributed by atoms with E-state index in [1.165, 1.54) is 13.0 Å². The van der Waals surface area contributed by atoms with Gasteiger partial charge in [0.15, 0.2) is 5.78 Å². The number of hydrogen-bond donors (Lipinski definition) is 0. The van der Waals surface area contributed by atoms with Gasteiger partial charge in [0.25, 0.3) is 0 Å². The molecule has 0 spiro atoms. The molecule has 2 heterocycles. The molecule has 0 bridgehead atoms. The third-order valence-corrected chi connectivity index (χ3v) is 6.28. The largest absolute Gasteiger partial charge is 0.497 e. The number of nitrogens with zero attached hydrogens (tertiary/aromatic N) is 3. The molecule has 0 atom stereocenters. The molecule has 0 unspecified atom stereocenters. The number of halogens is 1. The van der Waals surface area contributed by atoms with Gasteiger partial charge in [-0.15, -0.1) is 11.3 Å². The van der Waals surface area contributed by atoms with Crippen molar-refractivity contribution in [2.24, 2.45) is 0 Å². The van der Waals surface area contributed by atoms with E-state index in [0.29, 0.717) is 11.3 Å². The van der Waals surface area contributed by atoms with Gasteiger partial charge in [0.1, 0.15) is 16.6 Å². The van der Waals surface area contributed by atoms with Crippen molar-refractivity contribution in [2.45, 2.75) is 13.5 Å². The quantitative estimate of drug-likeness (QED) is 0.545. The first-order chi connectivity index (χ1) is 14.5. The maximum Gasteiger partial charge on any atom is 0.159 e. The molecule has 0 aliphatic carbocycles. The molecule has 0 N–H and O–H groups in total. The fraction of sp³-hybridized carbons (Fsp3) is 0.304. The summed E-state index contributed by atoms with van der Waals surface area (Å²) in [4.78, 5) is 20.6. The Bertz CT molecular complexity index is 1030. The zero-order chi connectivity index (χ0) is 21.1. The predicted octanol–water partition coefficient (Wildman–Crippen LogP) is 4.48. The summed E-state index contributed by atoms with van der Waals surface area (Å²) in [6.45, 7) is 5.39. The van der Waals surface area contributed by atoms with Crippen LogP contribution in [0.15, 0.2) is 47.8 Å². The van der Waals surface area contributed by atoms with Crippen LogP contribution in [-0.4, -0.2) is 49.0 Å². The number of carbonyl (C=O) groups is 1. The summed E-state index contributed by atoms with van der Waals surface area (Å²) >= 11 is 1.64. The Morgan fingerprint density at radius 3 is 2.50 bits per heavy atom. The molecule has 2 aromatic carbocycles. The first-order valence-electron chi connectivity index (χ1n) is 9.90. The maximum absolute atomic E-state index is 14.4. The molecule has 4 rings (SSSR count). The Kier molecular flexibility index (Phi) is 6.11. The highest BCUT2D eigenvalue weighted by molar-refractivity contribution is 7.13. The second kappa shape index (κ2) is 8.93. The van der Waals surface area contributed by atoms with Crippen LogP contribution in [0, 0.1) is 5.82 Å².